The fraction of sp³-hybridized carbons (Fsp3) is 0.700. The SMILES string of the molecule is Cn1ccnc1CC(N)C1COCCO1. The Balaban J connectivity index is 1.91. The van der Waals surface area contributed by atoms with Crippen LogP contribution in [0.3, 0.4) is 0 Å². The molecule has 2 heterocycles. The Bertz CT molecular complexity index is 307. The van der Waals surface area contributed by atoms with E-state index in [1.807, 2.05) is 17.8 Å². The van der Waals surface area contributed by atoms with Gasteiger partial charge in [-0.05, 0) is 0 Å². The summed E-state index contributed by atoms with van der Waals surface area (Å²) in [6.07, 6.45) is 4.41. The highest BCUT2D eigenvalue weighted by Crippen LogP contribution is 2.08. The van der Waals surface area contributed by atoms with Crippen LogP contribution < -0.4 is 5.73 Å². The lowest BCUT2D eigenvalue weighted by molar-refractivity contribution is -0.0969. The number of imidazole rings is 1. The zero-order chi connectivity index (χ0) is 10.7. The standard InChI is InChI=1S/C10H17N3O2/c1-13-3-2-12-10(13)6-8(11)9-7-14-4-5-15-9/h2-3,8-9H,4-7,11H2,1H3. The first-order chi connectivity index (χ1) is 7.27. The molecule has 0 spiro atoms. The van der Waals surface area contributed by atoms with Gasteiger partial charge >= 0.3 is 0 Å². The topological polar surface area (TPSA) is 62.3 Å². The van der Waals surface area contributed by atoms with E-state index in [4.69, 9.17) is 15.2 Å². The Morgan fingerprint density at radius 1 is 1.67 bits per heavy atom. The minimum absolute atomic E-state index is 0.00421. The molecule has 0 aromatic carbocycles. The summed E-state index contributed by atoms with van der Waals surface area (Å²) in [5.41, 5.74) is 6.05. The minimum Gasteiger partial charge on any atom is -0.376 e. The van der Waals surface area contributed by atoms with E-state index in [2.05, 4.69) is 4.98 Å². The Labute approximate surface area is 89.2 Å². The van der Waals surface area contributed by atoms with Crippen molar-refractivity contribution in [2.45, 2.75) is 18.6 Å². The molecular formula is C10H17N3O2. The molecule has 0 bridgehead atoms. The lowest BCUT2D eigenvalue weighted by Gasteiger charge is -2.27. The summed E-state index contributed by atoms with van der Waals surface area (Å²) in [5.74, 6) is 0.983. The van der Waals surface area contributed by atoms with E-state index in [9.17, 15) is 0 Å². The van der Waals surface area contributed by atoms with Crippen LogP contribution in [-0.2, 0) is 22.9 Å². The molecule has 2 atom stereocenters. The van der Waals surface area contributed by atoms with E-state index in [1.54, 1.807) is 6.20 Å². The van der Waals surface area contributed by atoms with Crippen LogP contribution in [0.2, 0.25) is 0 Å². The molecule has 5 nitrogen and oxygen atoms in total. The molecule has 0 aliphatic carbocycles. The third-order valence-electron chi connectivity index (χ3n) is 2.66. The summed E-state index contributed by atoms with van der Waals surface area (Å²) in [6, 6.07) is -0.0496. The number of aryl methyl sites for hydroxylation is 1. The Morgan fingerprint density at radius 3 is 3.13 bits per heavy atom. The van der Waals surface area contributed by atoms with Crippen molar-refractivity contribution >= 4 is 0 Å². The minimum atomic E-state index is -0.0496. The van der Waals surface area contributed by atoms with Gasteiger partial charge in [0.2, 0.25) is 0 Å². The molecule has 2 rings (SSSR count). The van der Waals surface area contributed by atoms with Gasteiger partial charge in [-0.3, -0.25) is 0 Å². The summed E-state index contributed by atoms with van der Waals surface area (Å²) >= 11 is 0. The molecule has 1 aliphatic rings. The van der Waals surface area contributed by atoms with E-state index >= 15 is 0 Å². The van der Waals surface area contributed by atoms with Gasteiger partial charge in [-0.1, -0.05) is 0 Å². The van der Waals surface area contributed by atoms with Crippen LogP contribution in [0.5, 0.6) is 0 Å². The van der Waals surface area contributed by atoms with Gasteiger partial charge < -0.3 is 19.8 Å². The van der Waals surface area contributed by atoms with Gasteiger partial charge in [-0.25, -0.2) is 4.98 Å². The van der Waals surface area contributed by atoms with Gasteiger partial charge in [-0.15, -0.1) is 0 Å². The monoisotopic (exact) mass is 211 g/mol. The van der Waals surface area contributed by atoms with Gasteiger partial charge in [0.05, 0.1) is 25.9 Å². The molecule has 84 valence electrons. The zero-order valence-electron chi connectivity index (χ0n) is 8.93. The second-order valence-corrected chi connectivity index (χ2v) is 3.81. The van der Waals surface area contributed by atoms with Gasteiger partial charge in [0.1, 0.15) is 5.82 Å². The average Bonchev–Trinajstić information content (AvgIpc) is 2.66. The van der Waals surface area contributed by atoms with Crippen LogP contribution in [-0.4, -0.2) is 41.5 Å². The first-order valence-electron chi connectivity index (χ1n) is 5.18. The van der Waals surface area contributed by atoms with Crippen LogP contribution in [0.15, 0.2) is 12.4 Å². The Morgan fingerprint density at radius 2 is 2.53 bits per heavy atom. The second-order valence-electron chi connectivity index (χ2n) is 3.81. The van der Waals surface area contributed by atoms with E-state index in [0.29, 0.717) is 19.8 Å². The number of aromatic nitrogens is 2. The second kappa shape index (κ2) is 4.74. The summed E-state index contributed by atoms with van der Waals surface area (Å²) < 4.78 is 12.8. The highest BCUT2D eigenvalue weighted by Gasteiger charge is 2.23. The van der Waals surface area contributed by atoms with Crippen molar-refractivity contribution in [3.8, 4) is 0 Å². The molecule has 1 aromatic rings. The van der Waals surface area contributed by atoms with Crippen molar-refractivity contribution in [3.63, 3.8) is 0 Å². The number of rotatable bonds is 3. The maximum absolute atomic E-state index is 6.05. The number of hydrogen-bond donors (Lipinski definition) is 1. The first-order valence-corrected chi connectivity index (χ1v) is 5.18. The molecular weight excluding hydrogens is 194 g/mol. The van der Waals surface area contributed by atoms with Gasteiger partial charge in [0.15, 0.2) is 0 Å². The van der Waals surface area contributed by atoms with Crippen LogP contribution in [0.1, 0.15) is 5.82 Å². The maximum atomic E-state index is 6.05. The largest absolute Gasteiger partial charge is 0.376 e. The smallest absolute Gasteiger partial charge is 0.110 e. The average molecular weight is 211 g/mol. The van der Waals surface area contributed by atoms with E-state index < -0.39 is 0 Å². The summed E-state index contributed by atoms with van der Waals surface area (Å²) in [6.45, 7) is 1.90. The lowest BCUT2D eigenvalue weighted by atomic mass is 10.1. The molecule has 1 saturated heterocycles. The molecule has 1 aliphatic heterocycles. The summed E-state index contributed by atoms with van der Waals surface area (Å²) in [7, 11) is 1.97. The van der Waals surface area contributed by atoms with Crippen LogP contribution in [0.4, 0.5) is 0 Å². The van der Waals surface area contributed by atoms with E-state index in [1.165, 1.54) is 0 Å². The van der Waals surface area contributed by atoms with E-state index in [-0.39, 0.29) is 12.1 Å². The predicted molar refractivity (Wildman–Crippen MR) is 55.4 cm³/mol. The van der Waals surface area contributed by atoms with Crippen molar-refractivity contribution in [1.29, 1.82) is 0 Å². The lowest BCUT2D eigenvalue weighted by Crippen LogP contribution is -2.45. The molecule has 0 saturated carbocycles. The number of nitrogens with zero attached hydrogens (tertiary/aromatic N) is 2. The van der Waals surface area contributed by atoms with Gasteiger partial charge in [0, 0.05) is 31.9 Å². The molecule has 0 amide bonds. The number of hydrogen-bond acceptors (Lipinski definition) is 4. The quantitative estimate of drug-likeness (QED) is 0.746. The first kappa shape index (κ1) is 10.6. The molecule has 1 fully saturated rings. The Hall–Kier alpha value is -0.910. The molecule has 2 N–H and O–H groups in total. The van der Waals surface area contributed by atoms with Crippen LogP contribution in [0.25, 0.3) is 0 Å². The molecule has 15 heavy (non-hydrogen) atoms. The van der Waals surface area contributed by atoms with Crippen molar-refractivity contribution in [2.75, 3.05) is 19.8 Å². The summed E-state index contributed by atoms with van der Waals surface area (Å²) in [5, 5.41) is 0. The fourth-order valence-corrected chi connectivity index (χ4v) is 1.69. The van der Waals surface area contributed by atoms with Crippen LogP contribution in [0, 0.1) is 0 Å². The maximum Gasteiger partial charge on any atom is 0.110 e. The molecule has 0 radical (unpaired) electrons. The highest BCUT2D eigenvalue weighted by molar-refractivity contribution is 4.95. The number of ether oxygens (including phenoxy) is 2. The van der Waals surface area contributed by atoms with Crippen LogP contribution >= 0.6 is 0 Å². The van der Waals surface area contributed by atoms with Crippen molar-refractivity contribution in [3.05, 3.63) is 18.2 Å². The Kier molecular flexibility index (Phi) is 3.35. The third-order valence-corrected chi connectivity index (χ3v) is 2.66. The third kappa shape index (κ3) is 2.56. The van der Waals surface area contributed by atoms with Gasteiger partial charge in [0.25, 0.3) is 0 Å². The molecule has 1 aromatic heterocycles. The predicted octanol–water partition coefficient (Wildman–Crippen LogP) is -0.295. The highest BCUT2D eigenvalue weighted by atomic mass is 16.6. The number of nitrogens with two attached hydrogens (primary N) is 1. The fourth-order valence-electron chi connectivity index (χ4n) is 1.69. The summed E-state index contributed by atoms with van der Waals surface area (Å²) in [4.78, 5) is 4.24. The van der Waals surface area contributed by atoms with Crippen molar-refractivity contribution in [1.82, 2.24) is 9.55 Å². The van der Waals surface area contributed by atoms with E-state index in [0.717, 1.165) is 12.2 Å². The van der Waals surface area contributed by atoms with Crippen molar-refractivity contribution in [2.24, 2.45) is 12.8 Å². The van der Waals surface area contributed by atoms with Gasteiger partial charge in [-0.2, -0.15) is 0 Å². The van der Waals surface area contributed by atoms with Crippen molar-refractivity contribution < 1.29 is 9.47 Å². The molecule has 2 unspecified atom stereocenters. The molecule has 5 heteroatoms. The normalized spacial score (nSPS) is 24.0. The zero-order valence-corrected chi connectivity index (χ0v) is 8.93.